The number of nitrogens with zero attached hydrogens (tertiary/aromatic N) is 3. The Morgan fingerprint density at radius 1 is 1.50 bits per heavy atom. The molecule has 2 atom stereocenters. The maximum absolute atomic E-state index is 9.80. The van der Waals surface area contributed by atoms with Crippen molar-refractivity contribution in [2.45, 2.75) is 18.6 Å². The highest BCUT2D eigenvalue weighted by Gasteiger charge is 2.24. The third kappa shape index (κ3) is 2.21. The first kappa shape index (κ1) is 11.9. The molecule has 0 unspecified atom stereocenters. The Kier molecular flexibility index (Phi) is 3.19. The zero-order valence-electron chi connectivity index (χ0n) is 9.58. The largest absolute Gasteiger partial charge is 0.389 e. The van der Waals surface area contributed by atoms with E-state index < -0.39 is 6.10 Å². The molecule has 2 aromatic rings. The van der Waals surface area contributed by atoms with Crippen LogP contribution in [0.3, 0.4) is 0 Å². The number of ether oxygens (including phenoxy) is 1. The van der Waals surface area contributed by atoms with Gasteiger partial charge in [0.05, 0.1) is 30.5 Å². The summed E-state index contributed by atoms with van der Waals surface area (Å²) in [6, 6.07) is 3.78. The van der Waals surface area contributed by atoms with Gasteiger partial charge in [-0.15, -0.1) is 5.10 Å². The predicted octanol–water partition coefficient (Wildman–Crippen LogP) is 1.05. The molecular formula is C11H13BrN4O2. The summed E-state index contributed by atoms with van der Waals surface area (Å²) in [6.07, 6.45) is 1.97. The molecule has 1 aliphatic heterocycles. The first-order valence-electron chi connectivity index (χ1n) is 5.77. The Bertz CT molecular complexity index is 559. The van der Waals surface area contributed by atoms with Crippen LogP contribution in [0.1, 0.15) is 6.42 Å². The topological polar surface area (TPSA) is 71.7 Å². The van der Waals surface area contributed by atoms with Gasteiger partial charge in [-0.3, -0.25) is 0 Å². The lowest BCUT2D eigenvalue weighted by atomic mass is 10.1. The highest BCUT2D eigenvalue weighted by atomic mass is 79.9. The summed E-state index contributed by atoms with van der Waals surface area (Å²) in [7, 11) is 0. The van der Waals surface area contributed by atoms with Crippen molar-refractivity contribution in [3.63, 3.8) is 0 Å². The fraction of sp³-hybridized carbons (Fsp3) is 0.455. The Labute approximate surface area is 112 Å². The molecule has 18 heavy (non-hydrogen) atoms. The summed E-state index contributed by atoms with van der Waals surface area (Å²) in [4.78, 5) is 4.23. The number of fused-ring (bicyclic) bond motifs is 1. The van der Waals surface area contributed by atoms with Crippen molar-refractivity contribution in [2.75, 3.05) is 18.5 Å². The van der Waals surface area contributed by atoms with Gasteiger partial charge in [-0.25, -0.2) is 9.50 Å². The van der Waals surface area contributed by atoms with Crippen LogP contribution < -0.4 is 5.32 Å². The van der Waals surface area contributed by atoms with E-state index in [9.17, 15) is 5.11 Å². The van der Waals surface area contributed by atoms with Gasteiger partial charge in [0.2, 0.25) is 5.95 Å². The zero-order valence-corrected chi connectivity index (χ0v) is 11.2. The summed E-state index contributed by atoms with van der Waals surface area (Å²) in [5.74, 6) is 0.505. The fourth-order valence-corrected chi connectivity index (χ4v) is 2.41. The molecule has 1 fully saturated rings. The van der Waals surface area contributed by atoms with Crippen molar-refractivity contribution in [3.05, 3.63) is 22.9 Å². The van der Waals surface area contributed by atoms with E-state index in [1.165, 1.54) is 0 Å². The summed E-state index contributed by atoms with van der Waals surface area (Å²) in [6.45, 7) is 0.997. The van der Waals surface area contributed by atoms with Gasteiger partial charge in [0.25, 0.3) is 0 Å². The smallest absolute Gasteiger partial charge is 0.241 e. The van der Waals surface area contributed by atoms with E-state index in [4.69, 9.17) is 4.74 Å². The van der Waals surface area contributed by atoms with Gasteiger partial charge >= 0.3 is 0 Å². The van der Waals surface area contributed by atoms with E-state index in [0.717, 1.165) is 16.5 Å². The molecule has 2 N–H and O–H groups in total. The number of rotatable bonds is 2. The second kappa shape index (κ2) is 4.83. The molecule has 1 saturated heterocycles. The normalized spacial score (nSPS) is 24.3. The highest BCUT2D eigenvalue weighted by Crippen LogP contribution is 2.16. The van der Waals surface area contributed by atoms with E-state index in [-0.39, 0.29) is 6.04 Å². The molecule has 1 aliphatic rings. The highest BCUT2D eigenvalue weighted by molar-refractivity contribution is 9.10. The third-order valence-corrected chi connectivity index (χ3v) is 3.59. The lowest BCUT2D eigenvalue weighted by Gasteiger charge is -2.28. The van der Waals surface area contributed by atoms with Crippen molar-refractivity contribution < 1.29 is 9.84 Å². The molecule has 0 bridgehead atoms. The molecule has 3 rings (SSSR count). The van der Waals surface area contributed by atoms with Crippen molar-refractivity contribution in [1.29, 1.82) is 0 Å². The molecule has 0 amide bonds. The second-order valence-electron chi connectivity index (χ2n) is 4.26. The minimum Gasteiger partial charge on any atom is -0.389 e. The lowest BCUT2D eigenvalue weighted by molar-refractivity contribution is -0.0136. The molecule has 0 aliphatic carbocycles. The van der Waals surface area contributed by atoms with Crippen LogP contribution in [0.25, 0.3) is 5.52 Å². The summed E-state index contributed by atoms with van der Waals surface area (Å²) >= 11 is 3.41. The Hall–Kier alpha value is -1.18. The molecule has 2 aromatic heterocycles. The molecule has 3 heterocycles. The molecule has 0 radical (unpaired) electrons. The van der Waals surface area contributed by atoms with Gasteiger partial charge in [-0.05, 0) is 34.5 Å². The number of aliphatic hydroxyl groups excluding tert-OH is 1. The SMILES string of the molecule is O[C@@H]1COCC[C@H]1Nc1ncc2ccc(Br)n2n1. The van der Waals surface area contributed by atoms with Gasteiger partial charge in [0.1, 0.15) is 4.60 Å². The lowest BCUT2D eigenvalue weighted by Crippen LogP contribution is -2.42. The van der Waals surface area contributed by atoms with Gasteiger partial charge < -0.3 is 15.2 Å². The van der Waals surface area contributed by atoms with Crippen molar-refractivity contribution in [3.8, 4) is 0 Å². The van der Waals surface area contributed by atoms with Crippen LogP contribution in [0.5, 0.6) is 0 Å². The average Bonchev–Trinajstić information content (AvgIpc) is 2.74. The Morgan fingerprint density at radius 2 is 2.39 bits per heavy atom. The molecule has 7 heteroatoms. The minimum absolute atomic E-state index is 0.0643. The fourth-order valence-electron chi connectivity index (χ4n) is 1.99. The first-order chi connectivity index (χ1) is 8.74. The molecule has 0 saturated carbocycles. The van der Waals surface area contributed by atoms with Gasteiger partial charge in [0, 0.05) is 6.61 Å². The van der Waals surface area contributed by atoms with E-state index in [2.05, 4.69) is 31.3 Å². The number of anilines is 1. The van der Waals surface area contributed by atoms with Gasteiger partial charge in [-0.1, -0.05) is 0 Å². The average molecular weight is 313 g/mol. The summed E-state index contributed by atoms with van der Waals surface area (Å²) in [5.41, 5.74) is 0.917. The monoisotopic (exact) mass is 312 g/mol. The van der Waals surface area contributed by atoms with Crippen LogP contribution in [0.15, 0.2) is 22.9 Å². The quantitative estimate of drug-likeness (QED) is 0.867. The number of halogens is 1. The summed E-state index contributed by atoms with van der Waals surface area (Å²) < 4.78 is 7.80. The van der Waals surface area contributed by atoms with Crippen LogP contribution >= 0.6 is 15.9 Å². The van der Waals surface area contributed by atoms with Crippen molar-refractivity contribution in [2.24, 2.45) is 0 Å². The Balaban J connectivity index is 1.83. The number of hydrogen-bond acceptors (Lipinski definition) is 5. The molecular weight excluding hydrogens is 300 g/mol. The van der Waals surface area contributed by atoms with Crippen molar-refractivity contribution in [1.82, 2.24) is 14.6 Å². The zero-order chi connectivity index (χ0) is 12.5. The standard InChI is InChI=1S/C11H13BrN4O2/c12-10-2-1-7-5-13-11(15-16(7)10)14-8-3-4-18-6-9(8)17/h1-2,5,8-9,17H,3-4,6H2,(H,14,15)/t8-,9-/m1/s1. The van der Waals surface area contributed by atoms with E-state index in [0.29, 0.717) is 19.2 Å². The molecule has 0 spiro atoms. The van der Waals surface area contributed by atoms with E-state index >= 15 is 0 Å². The maximum atomic E-state index is 9.80. The van der Waals surface area contributed by atoms with Crippen LogP contribution in [0.2, 0.25) is 0 Å². The number of aromatic nitrogens is 3. The number of nitrogens with one attached hydrogen (secondary N) is 1. The van der Waals surface area contributed by atoms with Crippen LogP contribution in [-0.2, 0) is 4.74 Å². The molecule has 0 aromatic carbocycles. The van der Waals surface area contributed by atoms with Gasteiger partial charge in [-0.2, -0.15) is 0 Å². The molecule has 6 nitrogen and oxygen atoms in total. The van der Waals surface area contributed by atoms with Crippen LogP contribution in [-0.4, -0.2) is 45.1 Å². The molecule has 96 valence electrons. The second-order valence-corrected chi connectivity index (χ2v) is 5.07. The number of aliphatic hydroxyl groups is 1. The maximum Gasteiger partial charge on any atom is 0.241 e. The van der Waals surface area contributed by atoms with E-state index in [1.54, 1.807) is 10.7 Å². The predicted molar refractivity (Wildman–Crippen MR) is 69.5 cm³/mol. The third-order valence-electron chi connectivity index (χ3n) is 2.99. The van der Waals surface area contributed by atoms with Crippen LogP contribution in [0.4, 0.5) is 5.95 Å². The van der Waals surface area contributed by atoms with E-state index in [1.807, 2.05) is 12.1 Å². The first-order valence-corrected chi connectivity index (χ1v) is 6.56. The van der Waals surface area contributed by atoms with Crippen LogP contribution in [0, 0.1) is 0 Å². The Morgan fingerprint density at radius 3 is 3.22 bits per heavy atom. The number of hydrogen-bond donors (Lipinski definition) is 2. The minimum atomic E-state index is -0.522. The van der Waals surface area contributed by atoms with Crippen molar-refractivity contribution >= 4 is 27.4 Å². The summed E-state index contributed by atoms with van der Waals surface area (Å²) in [5, 5.41) is 17.3. The van der Waals surface area contributed by atoms with Gasteiger partial charge in [0.15, 0.2) is 0 Å².